The van der Waals surface area contributed by atoms with Crippen molar-refractivity contribution < 1.29 is 9.47 Å². The Labute approximate surface area is 168 Å². The van der Waals surface area contributed by atoms with Crippen molar-refractivity contribution in [3.05, 3.63) is 46.8 Å². The van der Waals surface area contributed by atoms with Gasteiger partial charge >= 0.3 is 0 Å². The highest BCUT2D eigenvalue weighted by atomic mass is 16.5. The van der Waals surface area contributed by atoms with E-state index < -0.39 is 0 Å². The molecule has 1 aliphatic carbocycles. The van der Waals surface area contributed by atoms with Crippen LogP contribution in [0.4, 0.5) is 0 Å². The molecule has 1 aromatic carbocycles. The molecule has 1 aromatic heterocycles. The molecule has 0 unspecified atom stereocenters. The van der Waals surface area contributed by atoms with E-state index in [1.807, 2.05) is 12.1 Å². The third-order valence-electron chi connectivity index (χ3n) is 6.65. The lowest BCUT2D eigenvalue weighted by atomic mass is 9.66. The van der Waals surface area contributed by atoms with Crippen LogP contribution in [-0.4, -0.2) is 47.6 Å². The Morgan fingerprint density at radius 1 is 1.14 bits per heavy atom. The quantitative estimate of drug-likeness (QED) is 0.726. The summed E-state index contributed by atoms with van der Waals surface area (Å²) in [6, 6.07) is 8.26. The Bertz CT molecular complexity index is 806. The second-order valence-corrected chi connectivity index (χ2v) is 8.60. The first kappa shape index (κ1) is 19.5. The molecule has 2 aliphatic rings. The molecule has 1 spiro atoms. The van der Waals surface area contributed by atoms with Crippen molar-refractivity contribution in [3.8, 4) is 5.75 Å². The van der Waals surface area contributed by atoms with Gasteiger partial charge in [0.1, 0.15) is 5.75 Å². The molecule has 0 atom stereocenters. The molecule has 152 valence electrons. The highest BCUT2D eigenvalue weighted by Gasteiger charge is 2.48. The summed E-state index contributed by atoms with van der Waals surface area (Å²) in [5, 5.41) is 4.84. The van der Waals surface area contributed by atoms with Gasteiger partial charge in [0.05, 0.1) is 25.5 Å². The van der Waals surface area contributed by atoms with Gasteiger partial charge in [-0.1, -0.05) is 12.1 Å². The first-order valence-electron chi connectivity index (χ1n) is 10.5. The minimum Gasteiger partial charge on any atom is -0.497 e. The Hall–Kier alpha value is -1.85. The monoisotopic (exact) mass is 383 g/mol. The third-order valence-corrected chi connectivity index (χ3v) is 6.65. The molecular weight excluding hydrogens is 350 g/mol. The van der Waals surface area contributed by atoms with E-state index in [2.05, 4.69) is 42.5 Å². The molecule has 1 saturated heterocycles. The second-order valence-electron chi connectivity index (χ2n) is 8.60. The maximum absolute atomic E-state index is 5.79. The molecule has 0 radical (unpaired) electrons. The topological polar surface area (TPSA) is 39.5 Å². The molecule has 0 bridgehead atoms. The number of aryl methyl sites for hydroxylation is 1. The van der Waals surface area contributed by atoms with Crippen LogP contribution in [0.1, 0.15) is 48.7 Å². The van der Waals surface area contributed by atoms with Crippen molar-refractivity contribution in [2.24, 2.45) is 5.41 Å². The van der Waals surface area contributed by atoms with Crippen LogP contribution in [0, 0.1) is 19.3 Å². The number of likely N-dealkylation sites (tertiary alicyclic amines) is 1. The Morgan fingerprint density at radius 3 is 2.57 bits per heavy atom. The number of nitrogens with zero attached hydrogens (tertiary/aromatic N) is 3. The normalized spacial score (nSPS) is 24.6. The fraction of sp³-hybridized carbons (Fsp3) is 0.609. The molecule has 2 fully saturated rings. The summed E-state index contributed by atoms with van der Waals surface area (Å²) in [6.07, 6.45) is 4.30. The number of benzene rings is 1. The van der Waals surface area contributed by atoms with Crippen molar-refractivity contribution in [3.63, 3.8) is 0 Å². The van der Waals surface area contributed by atoms with E-state index in [0.29, 0.717) is 11.5 Å². The molecule has 28 heavy (non-hydrogen) atoms. The second kappa shape index (κ2) is 7.88. The van der Waals surface area contributed by atoms with Gasteiger partial charge in [-0.2, -0.15) is 5.10 Å². The average molecular weight is 384 g/mol. The lowest BCUT2D eigenvalue weighted by molar-refractivity contribution is -0.0718. The van der Waals surface area contributed by atoms with E-state index >= 15 is 0 Å². The van der Waals surface area contributed by atoms with Gasteiger partial charge in [0.15, 0.2) is 0 Å². The summed E-state index contributed by atoms with van der Waals surface area (Å²) in [5.74, 6) is 0.892. The van der Waals surface area contributed by atoms with Crippen molar-refractivity contribution in [1.82, 2.24) is 14.7 Å². The van der Waals surface area contributed by atoms with Crippen molar-refractivity contribution >= 4 is 0 Å². The summed E-state index contributed by atoms with van der Waals surface area (Å²) in [7, 11) is 1.70. The highest BCUT2D eigenvalue weighted by molar-refractivity contribution is 5.29. The van der Waals surface area contributed by atoms with Crippen molar-refractivity contribution in [2.75, 3.05) is 26.8 Å². The van der Waals surface area contributed by atoms with E-state index in [0.717, 1.165) is 31.1 Å². The van der Waals surface area contributed by atoms with Crippen LogP contribution in [0.15, 0.2) is 24.3 Å². The van der Waals surface area contributed by atoms with Gasteiger partial charge in [0, 0.05) is 31.0 Å². The average Bonchev–Trinajstić information content (AvgIpc) is 3.20. The van der Waals surface area contributed by atoms with Gasteiger partial charge < -0.3 is 9.47 Å². The number of aromatic nitrogens is 2. The number of rotatable bonds is 7. The molecular formula is C23H33N3O2. The van der Waals surface area contributed by atoms with E-state index in [9.17, 15) is 0 Å². The van der Waals surface area contributed by atoms with E-state index in [1.165, 1.54) is 49.2 Å². The predicted molar refractivity (Wildman–Crippen MR) is 111 cm³/mol. The maximum Gasteiger partial charge on any atom is 0.118 e. The summed E-state index contributed by atoms with van der Waals surface area (Å²) >= 11 is 0. The zero-order valence-electron chi connectivity index (χ0n) is 17.7. The molecule has 5 nitrogen and oxygen atoms in total. The lowest BCUT2D eigenvalue weighted by Gasteiger charge is -2.44. The number of methoxy groups -OCH3 is 1. The molecule has 4 rings (SSSR count). The highest BCUT2D eigenvalue weighted by Crippen LogP contribution is 2.49. The van der Waals surface area contributed by atoms with Crippen molar-refractivity contribution in [1.29, 1.82) is 0 Å². The third kappa shape index (κ3) is 3.83. The van der Waals surface area contributed by atoms with Gasteiger partial charge in [-0.15, -0.1) is 0 Å². The van der Waals surface area contributed by atoms with Gasteiger partial charge in [0.2, 0.25) is 0 Å². The zero-order valence-corrected chi connectivity index (χ0v) is 17.7. The minimum absolute atomic E-state index is 0.501. The Balaban J connectivity index is 1.39. The molecule has 0 N–H and O–H groups in total. The number of hydrogen-bond acceptors (Lipinski definition) is 4. The van der Waals surface area contributed by atoms with E-state index in [4.69, 9.17) is 14.6 Å². The minimum atomic E-state index is 0.501. The molecule has 5 heteroatoms. The molecule has 2 aromatic rings. The number of ether oxygens (including phenoxy) is 2. The van der Waals surface area contributed by atoms with Crippen molar-refractivity contribution in [2.45, 2.75) is 59.2 Å². The number of hydrogen-bond donors (Lipinski definition) is 0. The summed E-state index contributed by atoms with van der Waals surface area (Å²) in [5.41, 5.74) is 5.60. The van der Waals surface area contributed by atoms with E-state index in [-0.39, 0.29) is 0 Å². The predicted octanol–water partition coefficient (Wildman–Crippen LogP) is 3.95. The first-order chi connectivity index (χ1) is 13.5. The first-order valence-corrected chi connectivity index (χ1v) is 10.5. The Morgan fingerprint density at radius 2 is 1.89 bits per heavy atom. The van der Waals surface area contributed by atoms with Crippen LogP contribution < -0.4 is 4.74 Å². The van der Waals surface area contributed by atoms with Crippen LogP contribution in [-0.2, 0) is 17.8 Å². The molecule has 1 aliphatic heterocycles. The van der Waals surface area contributed by atoms with E-state index in [1.54, 1.807) is 7.11 Å². The van der Waals surface area contributed by atoms with Gasteiger partial charge in [-0.3, -0.25) is 9.58 Å². The van der Waals surface area contributed by atoms with Gasteiger partial charge in [-0.05, 0) is 69.7 Å². The fourth-order valence-corrected chi connectivity index (χ4v) is 5.00. The SMILES string of the molecule is CCOC1CC2(CCN(Cc3c(C)nn(Cc4ccc(OC)cc4)c3C)C2)C1. The maximum atomic E-state index is 5.79. The summed E-state index contributed by atoms with van der Waals surface area (Å²) in [4.78, 5) is 2.62. The van der Waals surface area contributed by atoms with Gasteiger partial charge in [-0.25, -0.2) is 0 Å². The smallest absolute Gasteiger partial charge is 0.118 e. The van der Waals surface area contributed by atoms with Crippen LogP contribution in [0.25, 0.3) is 0 Å². The van der Waals surface area contributed by atoms with Crippen LogP contribution >= 0.6 is 0 Å². The lowest BCUT2D eigenvalue weighted by Crippen LogP contribution is -2.44. The summed E-state index contributed by atoms with van der Waals surface area (Å²) in [6.45, 7) is 11.5. The van der Waals surface area contributed by atoms with Crippen LogP contribution in [0.3, 0.4) is 0 Å². The van der Waals surface area contributed by atoms with Crippen LogP contribution in [0.5, 0.6) is 5.75 Å². The standard InChI is InChI=1S/C23H33N3O2/c1-5-28-21-12-23(13-21)10-11-25(16-23)15-22-17(2)24-26(18(22)3)14-19-6-8-20(27-4)9-7-19/h6-9,21H,5,10-16H2,1-4H3. The molecule has 0 amide bonds. The summed E-state index contributed by atoms with van der Waals surface area (Å²) < 4.78 is 13.2. The largest absolute Gasteiger partial charge is 0.497 e. The zero-order chi connectivity index (χ0) is 19.7. The fourth-order valence-electron chi connectivity index (χ4n) is 5.00. The molecule has 1 saturated carbocycles. The van der Waals surface area contributed by atoms with Gasteiger partial charge in [0.25, 0.3) is 0 Å². The molecule has 2 heterocycles. The van der Waals surface area contributed by atoms with Crippen LogP contribution in [0.2, 0.25) is 0 Å². The Kier molecular flexibility index (Phi) is 5.48.